The third kappa shape index (κ3) is 7.39. The third-order valence-corrected chi connectivity index (χ3v) is 6.34. The predicted molar refractivity (Wildman–Crippen MR) is 136 cm³/mol. The number of fused-ring (bicyclic) bond motifs is 1. The summed E-state index contributed by atoms with van der Waals surface area (Å²) in [6, 6.07) is 10.7. The first-order chi connectivity index (χ1) is 18.0. The number of rotatable bonds is 9. The van der Waals surface area contributed by atoms with Crippen molar-refractivity contribution >= 4 is 23.6 Å². The van der Waals surface area contributed by atoms with Gasteiger partial charge in [0.25, 0.3) is 0 Å². The number of benzene rings is 2. The molecule has 0 fully saturated rings. The van der Waals surface area contributed by atoms with Crippen molar-refractivity contribution < 1.29 is 32.3 Å². The number of alkyl carbamates (subject to hydrolysis) is 1. The van der Waals surface area contributed by atoms with Crippen LogP contribution in [0.25, 0.3) is 0 Å². The van der Waals surface area contributed by atoms with Gasteiger partial charge in [0.1, 0.15) is 6.61 Å². The Labute approximate surface area is 220 Å². The lowest BCUT2D eigenvalue weighted by Crippen LogP contribution is -2.39. The van der Waals surface area contributed by atoms with Gasteiger partial charge in [0.2, 0.25) is 11.8 Å². The van der Waals surface area contributed by atoms with E-state index in [-0.39, 0.29) is 43.6 Å². The number of nitrogens with zero attached hydrogens (tertiary/aromatic N) is 2. The van der Waals surface area contributed by atoms with Gasteiger partial charge in [0.05, 0.1) is 18.7 Å². The number of carbonyl (C=O) groups is 3. The number of ether oxygens (including phenoxy) is 1. The number of nitrogens with one attached hydrogen (secondary N) is 2. The highest BCUT2D eigenvalue weighted by Crippen LogP contribution is 2.32. The van der Waals surface area contributed by atoms with E-state index in [1.165, 1.54) is 30.1 Å². The van der Waals surface area contributed by atoms with Gasteiger partial charge in [-0.3, -0.25) is 9.59 Å². The zero-order valence-corrected chi connectivity index (χ0v) is 21.7. The maximum absolute atomic E-state index is 13.5. The topological polar surface area (TPSA) is 91.0 Å². The van der Waals surface area contributed by atoms with Crippen molar-refractivity contribution in [1.29, 1.82) is 0 Å². The average molecular weight is 535 g/mol. The maximum atomic E-state index is 13.5. The molecule has 0 aliphatic carbocycles. The molecule has 3 rings (SSSR count). The zero-order valence-electron chi connectivity index (χ0n) is 21.7. The van der Waals surface area contributed by atoms with E-state index in [2.05, 4.69) is 10.6 Å². The lowest BCUT2D eigenvalue weighted by atomic mass is 9.96. The summed E-state index contributed by atoms with van der Waals surface area (Å²) in [5.41, 5.74) is 1.85. The Bertz CT molecular complexity index is 1150. The summed E-state index contributed by atoms with van der Waals surface area (Å²) < 4.78 is 45.6. The molecular weight excluding hydrogens is 501 g/mol. The van der Waals surface area contributed by atoms with Crippen molar-refractivity contribution in [3.05, 3.63) is 64.7 Å². The van der Waals surface area contributed by atoms with Gasteiger partial charge < -0.3 is 25.2 Å². The number of amides is 3. The first-order valence-electron chi connectivity index (χ1n) is 12.4. The van der Waals surface area contributed by atoms with E-state index < -0.39 is 23.7 Å². The van der Waals surface area contributed by atoms with E-state index in [1.54, 1.807) is 0 Å². The van der Waals surface area contributed by atoms with E-state index in [1.807, 2.05) is 36.9 Å². The van der Waals surface area contributed by atoms with Gasteiger partial charge in [-0.1, -0.05) is 44.2 Å². The lowest BCUT2D eigenvalue weighted by molar-refractivity contribution is -0.139. The molecule has 8 nitrogen and oxygen atoms in total. The van der Waals surface area contributed by atoms with Gasteiger partial charge in [0, 0.05) is 38.3 Å². The smallest absolute Gasteiger partial charge is 0.416 e. The molecule has 0 saturated heterocycles. The van der Waals surface area contributed by atoms with Crippen LogP contribution in [-0.2, 0) is 40.0 Å². The zero-order chi connectivity index (χ0) is 27.9. The molecular formula is C27H33F3N4O4. The second-order valence-electron chi connectivity index (χ2n) is 9.32. The molecule has 0 aromatic heterocycles. The summed E-state index contributed by atoms with van der Waals surface area (Å²) in [4.78, 5) is 40.1. The largest absolute Gasteiger partial charge is 0.448 e. The summed E-state index contributed by atoms with van der Waals surface area (Å²) in [5.74, 6) is -0.471. The highest BCUT2D eigenvalue weighted by molar-refractivity contribution is 5.82. The molecule has 2 aromatic carbocycles. The van der Waals surface area contributed by atoms with Crippen LogP contribution >= 0.6 is 0 Å². The molecule has 2 aromatic rings. The maximum Gasteiger partial charge on any atom is 0.416 e. The molecule has 0 atom stereocenters. The minimum absolute atomic E-state index is 0.0553. The van der Waals surface area contributed by atoms with Gasteiger partial charge in [-0.15, -0.1) is 0 Å². The van der Waals surface area contributed by atoms with Crippen molar-refractivity contribution in [2.24, 2.45) is 5.92 Å². The van der Waals surface area contributed by atoms with Crippen molar-refractivity contribution in [1.82, 2.24) is 15.1 Å². The molecule has 11 heteroatoms. The molecule has 206 valence electrons. The van der Waals surface area contributed by atoms with Crippen LogP contribution in [0.5, 0.6) is 0 Å². The minimum atomic E-state index is -4.57. The summed E-state index contributed by atoms with van der Waals surface area (Å²) in [5, 5.41) is 5.41. The van der Waals surface area contributed by atoms with Crippen LogP contribution in [0.2, 0.25) is 0 Å². The molecule has 38 heavy (non-hydrogen) atoms. The Morgan fingerprint density at radius 3 is 2.53 bits per heavy atom. The number of hydrogen-bond donors (Lipinski definition) is 2. The molecule has 0 bridgehead atoms. The van der Waals surface area contributed by atoms with Crippen LogP contribution in [0.1, 0.15) is 36.1 Å². The fourth-order valence-electron chi connectivity index (χ4n) is 4.36. The predicted octanol–water partition coefficient (Wildman–Crippen LogP) is 4.04. The highest BCUT2D eigenvalue weighted by Gasteiger charge is 2.33. The van der Waals surface area contributed by atoms with Crippen molar-refractivity contribution in [2.75, 3.05) is 38.6 Å². The number of anilines is 1. The van der Waals surface area contributed by atoms with Gasteiger partial charge in [0.15, 0.2) is 0 Å². The monoisotopic (exact) mass is 534 g/mol. The van der Waals surface area contributed by atoms with E-state index in [9.17, 15) is 27.6 Å². The van der Waals surface area contributed by atoms with Gasteiger partial charge in [-0.2, -0.15) is 13.2 Å². The Morgan fingerprint density at radius 1 is 1.11 bits per heavy atom. The van der Waals surface area contributed by atoms with Crippen LogP contribution in [-0.4, -0.2) is 61.0 Å². The van der Waals surface area contributed by atoms with E-state index >= 15 is 0 Å². The van der Waals surface area contributed by atoms with Gasteiger partial charge >= 0.3 is 12.3 Å². The Hall–Kier alpha value is -3.76. The number of halogens is 3. The van der Waals surface area contributed by atoms with Crippen molar-refractivity contribution in [3.8, 4) is 0 Å². The van der Waals surface area contributed by atoms with E-state index in [4.69, 9.17) is 4.74 Å². The highest BCUT2D eigenvalue weighted by atomic mass is 19.4. The number of carbonyl (C=O) groups excluding carboxylic acids is 3. The first kappa shape index (κ1) is 28.8. The molecule has 3 amide bonds. The molecule has 0 spiro atoms. The second kappa shape index (κ2) is 12.7. The Kier molecular flexibility index (Phi) is 9.60. The summed E-state index contributed by atoms with van der Waals surface area (Å²) >= 11 is 0. The number of alkyl halides is 3. The summed E-state index contributed by atoms with van der Waals surface area (Å²) in [6.45, 7) is 4.03. The van der Waals surface area contributed by atoms with Crippen LogP contribution < -0.4 is 10.6 Å². The van der Waals surface area contributed by atoms with E-state index in [0.29, 0.717) is 19.5 Å². The molecule has 1 heterocycles. The Morgan fingerprint density at radius 2 is 1.84 bits per heavy atom. The van der Waals surface area contributed by atoms with Crippen LogP contribution in [0.4, 0.5) is 23.7 Å². The van der Waals surface area contributed by atoms with Crippen LogP contribution in [0.3, 0.4) is 0 Å². The standard InChI is InChI=1S/C27H33F3N4O4/c1-18(2)25(36)34-12-11-21-19(16-34)8-6-10-23(21)32-15-24(35)33(13-14-38-26(37)31-3)17-20-7-4-5-9-22(20)27(28,29)30/h4-10,18,32H,11-17H2,1-3H3,(H,31,37). The van der Waals surface area contributed by atoms with Crippen molar-refractivity contribution in [2.45, 2.75) is 39.5 Å². The van der Waals surface area contributed by atoms with Crippen molar-refractivity contribution in [3.63, 3.8) is 0 Å². The van der Waals surface area contributed by atoms with Crippen LogP contribution in [0, 0.1) is 5.92 Å². The SMILES string of the molecule is CNC(=O)OCCN(Cc1ccccc1C(F)(F)F)C(=O)CNc1cccc2c1CCN(C(=O)C(C)C)C2. The summed E-state index contributed by atoms with van der Waals surface area (Å²) in [6.07, 6.45) is -4.66. The molecule has 1 aliphatic heterocycles. The number of hydrogen-bond acceptors (Lipinski definition) is 5. The first-order valence-corrected chi connectivity index (χ1v) is 12.4. The second-order valence-corrected chi connectivity index (χ2v) is 9.32. The average Bonchev–Trinajstić information content (AvgIpc) is 2.89. The molecule has 0 saturated carbocycles. The molecule has 2 N–H and O–H groups in total. The fraction of sp³-hybridized carbons (Fsp3) is 0.444. The molecule has 0 radical (unpaired) electrons. The normalized spacial score (nSPS) is 13.1. The summed E-state index contributed by atoms with van der Waals surface area (Å²) in [7, 11) is 1.38. The fourth-order valence-corrected chi connectivity index (χ4v) is 4.36. The quantitative estimate of drug-likeness (QED) is 0.507. The Balaban J connectivity index is 1.74. The molecule has 1 aliphatic rings. The minimum Gasteiger partial charge on any atom is -0.448 e. The van der Waals surface area contributed by atoms with Gasteiger partial charge in [-0.05, 0) is 35.2 Å². The third-order valence-electron chi connectivity index (χ3n) is 6.34. The van der Waals surface area contributed by atoms with Crippen LogP contribution in [0.15, 0.2) is 42.5 Å². The molecule has 0 unspecified atom stereocenters. The van der Waals surface area contributed by atoms with Gasteiger partial charge in [-0.25, -0.2) is 4.79 Å². The lowest BCUT2D eigenvalue weighted by Gasteiger charge is -2.31. The van der Waals surface area contributed by atoms with E-state index in [0.717, 1.165) is 22.9 Å².